The van der Waals surface area contributed by atoms with Gasteiger partial charge in [-0.3, -0.25) is 9.59 Å². The maximum atomic E-state index is 13.2. The van der Waals surface area contributed by atoms with Crippen LogP contribution in [-0.4, -0.2) is 54.4 Å². The minimum Gasteiger partial charge on any atom is -0.434 e. The lowest BCUT2D eigenvalue weighted by Crippen LogP contribution is -2.50. The fourth-order valence-corrected chi connectivity index (χ4v) is 3.27. The van der Waals surface area contributed by atoms with E-state index in [0.717, 1.165) is 5.56 Å². The third kappa shape index (κ3) is 5.49. The standard InChI is InChI=1S/C21H21F3N2O3/c22-16-5-3-4-15(14-16)8-9-19(27)25-10-12-26(13-11-25)20(28)17-6-1-2-7-18(17)29-21(23)24/h1-7,14,21H,8-13H2. The molecule has 1 saturated heterocycles. The fourth-order valence-electron chi connectivity index (χ4n) is 3.27. The van der Waals surface area contributed by atoms with Gasteiger partial charge in [0.25, 0.3) is 5.91 Å². The van der Waals surface area contributed by atoms with E-state index < -0.39 is 12.5 Å². The lowest BCUT2D eigenvalue weighted by molar-refractivity contribution is -0.132. The zero-order valence-corrected chi connectivity index (χ0v) is 15.7. The molecule has 0 spiro atoms. The minimum absolute atomic E-state index is 0.0669. The highest BCUT2D eigenvalue weighted by Gasteiger charge is 2.26. The van der Waals surface area contributed by atoms with Crippen molar-refractivity contribution in [2.75, 3.05) is 26.2 Å². The van der Waals surface area contributed by atoms with Gasteiger partial charge in [-0.2, -0.15) is 8.78 Å². The van der Waals surface area contributed by atoms with Crippen LogP contribution in [0, 0.1) is 5.82 Å². The molecule has 1 fully saturated rings. The van der Waals surface area contributed by atoms with Crippen LogP contribution in [0.15, 0.2) is 48.5 Å². The molecule has 0 bridgehead atoms. The van der Waals surface area contributed by atoms with Gasteiger partial charge >= 0.3 is 6.61 Å². The maximum Gasteiger partial charge on any atom is 0.387 e. The van der Waals surface area contributed by atoms with Crippen LogP contribution in [-0.2, 0) is 11.2 Å². The number of para-hydroxylation sites is 1. The van der Waals surface area contributed by atoms with Crippen LogP contribution in [0.25, 0.3) is 0 Å². The minimum atomic E-state index is -3.02. The Labute approximate surface area is 166 Å². The van der Waals surface area contributed by atoms with Crippen molar-refractivity contribution in [2.45, 2.75) is 19.5 Å². The molecule has 2 aromatic carbocycles. The van der Waals surface area contributed by atoms with E-state index in [1.54, 1.807) is 23.1 Å². The van der Waals surface area contributed by atoms with E-state index in [-0.39, 0.29) is 29.5 Å². The quantitative estimate of drug-likeness (QED) is 0.739. The third-order valence-electron chi connectivity index (χ3n) is 4.77. The molecule has 29 heavy (non-hydrogen) atoms. The van der Waals surface area contributed by atoms with Gasteiger partial charge in [0.15, 0.2) is 0 Å². The summed E-state index contributed by atoms with van der Waals surface area (Å²) in [7, 11) is 0. The molecule has 0 atom stereocenters. The molecule has 2 amide bonds. The first-order valence-corrected chi connectivity index (χ1v) is 9.29. The molecular weight excluding hydrogens is 385 g/mol. The van der Waals surface area contributed by atoms with E-state index in [0.29, 0.717) is 32.6 Å². The molecule has 5 nitrogen and oxygen atoms in total. The highest BCUT2D eigenvalue weighted by molar-refractivity contribution is 5.97. The largest absolute Gasteiger partial charge is 0.434 e. The number of nitrogens with zero attached hydrogens (tertiary/aromatic N) is 2. The van der Waals surface area contributed by atoms with Crippen LogP contribution in [0.1, 0.15) is 22.3 Å². The number of amides is 2. The Balaban J connectivity index is 1.53. The van der Waals surface area contributed by atoms with Gasteiger partial charge in [-0.05, 0) is 36.2 Å². The topological polar surface area (TPSA) is 49.9 Å². The molecule has 2 aromatic rings. The highest BCUT2D eigenvalue weighted by Crippen LogP contribution is 2.22. The number of aryl methyl sites for hydroxylation is 1. The molecule has 0 unspecified atom stereocenters. The van der Waals surface area contributed by atoms with Gasteiger partial charge in [0, 0.05) is 32.6 Å². The second kappa shape index (κ2) is 9.45. The summed E-state index contributed by atoms with van der Waals surface area (Å²) in [6, 6.07) is 12.0. The van der Waals surface area contributed by atoms with Crippen molar-refractivity contribution in [1.29, 1.82) is 0 Å². The number of carbonyl (C=O) groups excluding carboxylic acids is 2. The summed E-state index contributed by atoms with van der Waals surface area (Å²) in [5.41, 5.74) is 0.821. The molecule has 3 rings (SSSR count). The lowest BCUT2D eigenvalue weighted by atomic mass is 10.1. The Hall–Kier alpha value is -3.03. The van der Waals surface area contributed by atoms with Crippen molar-refractivity contribution >= 4 is 11.8 Å². The number of carbonyl (C=O) groups is 2. The number of rotatable bonds is 6. The molecule has 0 N–H and O–H groups in total. The van der Waals surface area contributed by atoms with Gasteiger partial charge in [-0.25, -0.2) is 4.39 Å². The molecule has 1 aliphatic rings. The zero-order chi connectivity index (χ0) is 20.8. The summed E-state index contributed by atoms with van der Waals surface area (Å²) >= 11 is 0. The Morgan fingerprint density at radius 1 is 0.966 bits per heavy atom. The predicted octanol–water partition coefficient (Wildman–Crippen LogP) is 3.34. The molecule has 154 valence electrons. The van der Waals surface area contributed by atoms with Gasteiger partial charge < -0.3 is 14.5 Å². The Kier molecular flexibility index (Phi) is 6.74. The molecule has 1 aliphatic heterocycles. The highest BCUT2D eigenvalue weighted by atomic mass is 19.3. The molecule has 0 aromatic heterocycles. The summed E-state index contributed by atoms with van der Waals surface area (Å²) in [6.07, 6.45) is 0.691. The summed E-state index contributed by atoms with van der Waals surface area (Å²) in [5.74, 6) is -0.977. The monoisotopic (exact) mass is 406 g/mol. The summed E-state index contributed by atoms with van der Waals surface area (Å²) < 4.78 is 42.7. The first-order chi connectivity index (χ1) is 13.9. The zero-order valence-electron chi connectivity index (χ0n) is 15.7. The second-order valence-electron chi connectivity index (χ2n) is 6.68. The molecule has 0 saturated carbocycles. The Morgan fingerprint density at radius 3 is 2.34 bits per heavy atom. The van der Waals surface area contributed by atoms with Gasteiger partial charge in [0.2, 0.25) is 5.91 Å². The van der Waals surface area contributed by atoms with Crippen LogP contribution in [0.3, 0.4) is 0 Å². The molecule has 0 aliphatic carbocycles. The predicted molar refractivity (Wildman–Crippen MR) is 100 cm³/mol. The number of ether oxygens (including phenoxy) is 1. The molecule has 1 heterocycles. The molecule has 0 radical (unpaired) electrons. The van der Waals surface area contributed by atoms with Crippen molar-refractivity contribution in [1.82, 2.24) is 9.80 Å². The molecular formula is C21H21F3N2O3. The Morgan fingerprint density at radius 2 is 1.66 bits per heavy atom. The van der Waals surface area contributed by atoms with Crippen molar-refractivity contribution in [3.05, 3.63) is 65.5 Å². The number of halogens is 3. The van der Waals surface area contributed by atoms with Gasteiger partial charge in [0.05, 0.1) is 5.56 Å². The average molecular weight is 406 g/mol. The van der Waals surface area contributed by atoms with E-state index in [1.165, 1.54) is 35.2 Å². The molecule has 8 heteroatoms. The number of hydrogen-bond acceptors (Lipinski definition) is 3. The van der Waals surface area contributed by atoms with Crippen LogP contribution in [0.2, 0.25) is 0 Å². The van der Waals surface area contributed by atoms with Crippen LogP contribution < -0.4 is 4.74 Å². The number of piperazine rings is 1. The number of alkyl halides is 2. The number of benzene rings is 2. The van der Waals surface area contributed by atoms with E-state index in [9.17, 15) is 22.8 Å². The summed E-state index contributed by atoms with van der Waals surface area (Å²) in [6.45, 7) is -1.71. The van der Waals surface area contributed by atoms with Crippen LogP contribution in [0.5, 0.6) is 5.75 Å². The summed E-state index contributed by atoms with van der Waals surface area (Å²) in [5, 5.41) is 0. The van der Waals surface area contributed by atoms with E-state index in [1.807, 2.05) is 0 Å². The normalized spacial score (nSPS) is 14.2. The smallest absolute Gasteiger partial charge is 0.387 e. The fraction of sp³-hybridized carbons (Fsp3) is 0.333. The van der Waals surface area contributed by atoms with E-state index >= 15 is 0 Å². The SMILES string of the molecule is O=C(CCc1cccc(F)c1)N1CCN(C(=O)c2ccccc2OC(F)F)CC1. The van der Waals surface area contributed by atoms with Crippen molar-refractivity contribution < 1.29 is 27.5 Å². The first kappa shape index (κ1) is 20.7. The van der Waals surface area contributed by atoms with E-state index in [2.05, 4.69) is 4.74 Å². The number of hydrogen-bond donors (Lipinski definition) is 0. The lowest BCUT2D eigenvalue weighted by Gasteiger charge is -2.35. The van der Waals surface area contributed by atoms with Crippen molar-refractivity contribution in [3.63, 3.8) is 0 Å². The summed E-state index contributed by atoms with van der Waals surface area (Å²) in [4.78, 5) is 28.3. The third-order valence-corrected chi connectivity index (χ3v) is 4.77. The van der Waals surface area contributed by atoms with Crippen LogP contribution in [0.4, 0.5) is 13.2 Å². The Bertz CT molecular complexity index is 868. The second-order valence-corrected chi connectivity index (χ2v) is 6.68. The van der Waals surface area contributed by atoms with Crippen molar-refractivity contribution in [3.8, 4) is 5.75 Å². The van der Waals surface area contributed by atoms with Crippen LogP contribution >= 0.6 is 0 Å². The average Bonchev–Trinajstić information content (AvgIpc) is 2.72. The first-order valence-electron chi connectivity index (χ1n) is 9.29. The van der Waals surface area contributed by atoms with Gasteiger partial charge in [0.1, 0.15) is 11.6 Å². The van der Waals surface area contributed by atoms with E-state index in [4.69, 9.17) is 0 Å². The maximum absolute atomic E-state index is 13.2. The van der Waals surface area contributed by atoms with Gasteiger partial charge in [-0.15, -0.1) is 0 Å². The van der Waals surface area contributed by atoms with Crippen molar-refractivity contribution in [2.24, 2.45) is 0 Å². The van der Waals surface area contributed by atoms with Gasteiger partial charge in [-0.1, -0.05) is 24.3 Å².